The predicted octanol–water partition coefficient (Wildman–Crippen LogP) is 6.60. The Hall–Kier alpha value is -1.55. The third kappa shape index (κ3) is 4.01. The summed E-state index contributed by atoms with van der Waals surface area (Å²) < 4.78 is 12.9. The highest BCUT2D eigenvalue weighted by Gasteiger charge is 2.53. The van der Waals surface area contributed by atoms with Crippen LogP contribution in [-0.4, -0.2) is 18.3 Å². The maximum absolute atomic E-state index is 6.43. The van der Waals surface area contributed by atoms with Crippen molar-refractivity contribution in [2.45, 2.75) is 59.2 Å². The largest absolute Gasteiger partial charge is 0.495 e. The molecule has 0 aromatic heterocycles. The number of halogens is 1. The van der Waals surface area contributed by atoms with Gasteiger partial charge in [-0.25, -0.2) is 0 Å². The second kappa shape index (κ2) is 7.46. The van der Waals surface area contributed by atoms with Gasteiger partial charge in [-0.15, -0.1) is 0 Å². The number of hydrogen-bond acceptors (Lipinski definition) is 2. The van der Waals surface area contributed by atoms with E-state index >= 15 is 0 Å². The van der Waals surface area contributed by atoms with Gasteiger partial charge in [0.2, 0.25) is 0 Å². The minimum absolute atomic E-state index is 0.388. The molecule has 2 aromatic rings. The summed E-state index contributed by atoms with van der Waals surface area (Å²) in [5.74, 6) is 0. The molecule has 142 valence electrons. The Morgan fingerprint density at radius 2 is 1.52 bits per heavy atom. The van der Waals surface area contributed by atoms with Gasteiger partial charge >= 0.3 is 7.12 Å². The molecule has 0 amide bonds. The van der Waals surface area contributed by atoms with Crippen LogP contribution in [0.25, 0.3) is 11.0 Å². The summed E-state index contributed by atoms with van der Waals surface area (Å²) in [4.78, 5) is 0. The summed E-state index contributed by atoms with van der Waals surface area (Å²) in [6.07, 6.45) is 0.855. The lowest BCUT2D eigenvalue weighted by Gasteiger charge is -2.32. The smallest absolute Gasteiger partial charge is 0.399 e. The van der Waals surface area contributed by atoms with Gasteiger partial charge in [0.15, 0.2) is 0 Å². The molecule has 4 heteroatoms. The second-order valence-electron chi connectivity index (χ2n) is 8.21. The van der Waals surface area contributed by atoms with Crippen molar-refractivity contribution < 1.29 is 9.31 Å². The molecule has 0 unspecified atom stereocenters. The minimum Gasteiger partial charge on any atom is -0.399 e. The third-order valence-corrected chi connectivity index (χ3v) is 5.94. The van der Waals surface area contributed by atoms with E-state index in [-0.39, 0.29) is 11.2 Å². The zero-order valence-corrected chi connectivity index (χ0v) is 17.9. The fourth-order valence-electron chi connectivity index (χ4n) is 3.37. The zero-order chi connectivity index (χ0) is 19.8. The van der Waals surface area contributed by atoms with Crippen LogP contribution in [0.4, 0.5) is 0 Å². The van der Waals surface area contributed by atoms with Crippen molar-refractivity contribution in [2.24, 2.45) is 0 Å². The van der Waals surface area contributed by atoms with Gasteiger partial charge in [0, 0.05) is 5.02 Å². The van der Waals surface area contributed by atoms with E-state index < -0.39 is 7.12 Å². The first-order valence-electron chi connectivity index (χ1n) is 9.56. The molecule has 0 bridgehead atoms. The van der Waals surface area contributed by atoms with E-state index in [4.69, 9.17) is 20.9 Å². The molecule has 0 saturated carbocycles. The van der Waals surface area contributed by atoms with Crippen molar-refractivity contribution in [1.82, 2.24) is 0 Å². The van der Waals surface area contributed by atoms with Crippen LogP contribution in [0.3, 0.4) is 0 Å². The predicted molar refractivity (Wildman–Crippen MR) is 116 cm³/mol. The van der Waals surface area contributed by atoms with E-state index in [9.17, 15) is 0 Å². The number of aryl methyl sites for hydroxylation is 1. The maximum atomic E-state index is 6.43. The van der Waals surface area contributed by atoms with Gasteiger partial charge in [-0.2, -0.15) is 0 Å². The molecule has 1 heterocycles. The molecule has 1 aliphatic rings. The quantitative estimate of drug-likeness (QED) is 0.438. The van der Waals surface area contributed by atoms with Crippen molar-refractivity contribution in [3.8, 4) is 0 Å². The lowest BCUT2D eigenvalue weighted by atomic mass is 9.69. The average Bonchev–Trinajstić information content (AvgIpc) is 2.81. The van der Waals surface area contributed by atoms with Gasteiger partial charge in [0.1, 0.15) is 0 Å². The first kappa shape index (κ1) is 20.2. The Kier molecular flexibility index (Phi) is 5.58. The summed E-state index contributed by atoms with van der Waals surface area (Å²) >= 11 is 6.28. The average molecular weight is 383 g/mol. The van der Waals surface area contributed by atoms with E-state index in [1.807, 2.05) is 18.2 Å². The van der Waals surface area contributed by atoms with Crippen LogP contribution >= 0.6 is 11.6 Å². The van der Waals surface area contributed by atoms with Crippen molar-refractivity contribution >= 4 is 29.8 Å². The van der Waals surface area contributed by atoms with Crippen molar-refractivity contribution in [2.75, 3.05) is 0 Å². The topological polar surface area (TPSA) is 18.5 Å². The molecule has 0 N–H and O–H groups in total. The normalized spacial score (nSPS) is 19.1. The van der Waals surface area contributed by atoms with Crippen LogP contribution in [0.2, 0.25) is 5.02 Å². The van der Waals surface area contributed by atoms with Crippen molar-refractivity contribution in [3.63, 3.8) is 0 Å². The van der Waals surface area contributed by atoms with Crippen LogP contribution in [0.1, 0.15) is 57.7 Å². The standard InChI is InChI=1S/C23H28BClO2/c1-7-20(18-9-8-10-19(25)15-18)21(17-13-11-16(2)12-14-17)24-26-22(3,4)23(5,6)27-24/h8-15H,7H2,1-6H3/b21-20+. The molecule has 1 fully saturated rings. The number of hydrogen-bond donors (Lipinski definition) is 0. The molecule has 0 aliphatic carbocycles. The molecule has 0 atom stereocenters. The fraction of sp³-hybridized carbons (Fsp3) is 0.391. The molecule has 1 saturated heterocycles. The van der Waals surface area contributed by atoms with E-state index in [1.54, 1.807) is 0 Å². The first-order valence-corrected chi connectivity index (χ1v) is 9.94. The molecular weight excluding hydrogens is 355 g/mol. The molecule has 0 radical (unpaired) electrons. The van der Waals surface area contributed by atoms with Crippen LogP contribution < -0.4 is 0 Å². The van der Waals surface area contributed by atoms with E-state index in [0.717, 1.165) is 28.0 Å². The Morgan fingerprint density at radius 1 is 0.926 bits per heavy atom. The van der Waals surface area contributed by atoms with Crippen molar-refractivity contribution in [3.05, 3.63) is 70.2 Å². The second-order valence-corrected chi connectivity index (χ2v) is 8.65. The Balaban J connectivity index is 2.20. The molecule has 27 heavy (non-hydrogen) atoms. The summed E-state index contributed by atoms with van der Waals surface area (Å²) in [6, 6.07) is 16.6. The molecule has 1 aliphatic heterocycles. The molecular formula is C23H28BClO2. The first-order chi connectivity index (χ1) is 12.6. The van der Waals surface area contributed by atoms with Gasteiger partial charge < -0.3 is 9.31 Å². The Bertz CT molecular complexity index is 837. The van der Waals surface area contributed by atoms with Crippen LogP contribution in [0.5, 0.6) is 0 Å². The molecule has 2 nitrogen and oxygen atoms in total. The third-order valence-electron chi connectivity index (χ3n) is 5.70. The monoisotopic (exact) mass is 382 g/mol. The highest BCUT2D eigenvalue weighted by Crippen LogP contribution is 2.43. The van der Waals surface area contributed by atoms with Crippen LogP contribution in [0, 0.1) is 6.92 Å². The lowest BCUT2D eigenvalue weighted by molar-refractivity contribution is 0.00578. The summed E-state index contributed by atoms with van der Waals surface area (Å²) in [5.41, 5.74) is 4.96. The number of allylic oxidation sites excluding steroid dienone is 1. The van der Waals surface area contributed by atoms with E-state index in [0.29, 0.717) is 0 Å². The van der Waals surface area contributed by atoms with Gasteiger partial charge in [-0.05, 0) is 75.3 Å². The molecule has 0 spiro atoms. The van der Waals surface area contributed by atoms with Gasteiger partial charge in [0.05, 0.1) is 11.2 Å². The Morgan fingerprint density at radius 3 is 2.04 bits per heavy atom. The fourth-order valence-corrected chi connectivity index (χ4v) is 3.56. The highest BCUT2D eigenvalue weighted by atomic mass is 35.5. The summed E-state index contributed by atoms with van der Waals surface area (Å²) in [7, 11) is -0.424. The minimum atomic E-state index is -0.424. The van der Waals surface area contributed by atoms with Gasteiger partial charge in [0.25, 0.3) is 0 Å². The summed E-state index contributed by atoms with van der Waals surface area (Å²) in [6.45, 7) is 12.6. The summed E-state index contributed by atoms with van der Waals surface area (Å²) in [5, 5.41) is 0.732. The maximum Gasteiger partial charge on any atom is 0.495 e. The number of rotatable bonds is 4. The van der Waals surface area contributed by atoms with Gasteiger partial charge in [-0.1, -0.05) is 60.5 Å². The Labute approximate surface area is 168 Å². The highest BCUT2D eigenvalue weighted by molar-refractivity contribution is 6.71. The molecule has 3 rings (SSSR count). The van der Waals surface area contributed by atoms with Crippen molar-refractivity contribution in [1.29, 1.82) is 0 Å². The lowest BCUT2D eigenvalue weighted by Crippen LogP contribution is -2.41. The van der Waals surface area contributed by atoms with E-state index in [2.05, 4.69) is 71.9 Å². The zero-order valence-electron chi connectivity index (χ0n) is 17.1. The molecule has 2 aromatic carbocycles. The van der Waals surface area contributed by atoms with Crippen LogP contribution in [0.15, 0.2) is 48.5 Å². The SMILES string of the molecule is CC/C(=C(\B1OC(C)(C)C(C)(C)O1)c1ccc(C)cc1)c1cccc(Cl)c1. The van der Waals surface area contributed by atoms with Gasteiger partial charge in [-0.3, -0.25) is 0 Å². The van der Waals surface area contributed by atoms with Crippen LogP contribution in [-0.2, 0) is 9.31 Å². The van der Waals surface area contributed by atoms with E-state index in [1.165, 1.54) is 11.1 Å². The number of benzene rings is 2.